The van der Waals surface area contributed by atoms with E-state index in [4.69, 9.17) is 21.6 Å². The molecule has 2 aromatic rings. The Morgan fingerprint density at radius 1 is 1.20 bits per heavy atom. The first-order valence-electron chi connectivity index (χ1n) is 10.1. The van der Waals surface area contributed by atoms with Crippen molar-refractivity contribution in [1.82, 2.24) is 10.6 Å². The van der Waals surface area contributed by atoms with Gasteiger partial charge in [-0.15, -0.1) is 0 Å². The maximum atomic E-state index is 12.8. The minimum Gasteiger partial charge on any atom is -0.456 e. The minimum atomic E-state index is -0.141. The van der Waals surface area contributed by atoms with E-state index in [-0.39, 0.29) is 23.0 Å². The van der Waals surface area contributed by atoms with Crippen LogP contribution in [0.4, 0.5) is 0 Å². The van der Waals surface area contributed by atoms with Gasteiger partial charge in [-0.3, -0.25) is 4.79 Å². The van der Waals surface area contributed by atoms with Crippen LogP contribution in [0.3, 0.4) is 0 Å². The first-order chi connectivity index (χ1) is 14.1. The van der Waals surface area contributed by atoms with E-state index in [0.29, 0.717) is 28.5 Å². The van der Waals surface area contributed by atoms with E-state index in [1.54, 1.807) is 30.3 Å². The van der Waals surface area contributed by atoms with E-state index in [1.807, 2.05) is 12.1 Å². The van der Waals surface area contributed by atoms with Crippen molar-refractivity contribution in [3.63, 3.8) is 0 Å². The van der Waals surface area contributed by atoms with E-state index in [9.17, 15) is 4.79 Å². The fourth-order valence-corrected chi connectivity index (χ4v) is 4.57. The fraction of sp³-hybridized carbons (Fsp3) is 0.417. The summed E-state index contributed by atoms with van der Waals surface area (Å²) in [5.41, 5.74) is 1.28. The Bertz CT molecular complexity index is 963. The fourth-order valence-electron chi connectivity index (χ4n) is 4.36. The van der Waals surface area contributed by atoms with Crippen molar-refractivity contribution in [2.75, 3.05) is 0 Å². The highest BCUT2D eigenvalue weighted by molar-refractivity contribution is 6.32. The van der Waals surface area contributed by atoms with Crippen molar-refractivity contribution in [3.05, 3.63) is 58.6 Å². The highest BCUT2D eigenvalue weighted by Crippen LogP contribution is 2.32. The van der Waals surface area contributed by atoms with Crippen LogP contribution in [-0.2, 0) is 6.42 Å². The summed E-state index contributed by atoms with van der Waals surface area (Å²) in [6.45, 7) is 8.62. The molecule has 1 aliphatic heterocycles. The number of benzene rings is 2. The molecular formula is C24H28ClN3O2. The summed E-state index contributed by atoms with van der Waals surface area (Å²) < 4.78 is 5.85. The van der Waals surface area contributed by atoms with E-state index in [0.717, 1.165) is 18.4 Å². The molecular weight excluding hydrogens is 398 g/mol. The van der Waals surface area contributed by atoms with Crippen molar-refractivity contribution >= 4 is 17.5 Å². The van der Waals surface area contributed by atoms with E-state index < -0.39 is 0 Å². The Labute approximate surface area is 183 Å². The largest absolute Gasteiger partial charge is 0.456 e. The maximum absolute atomic E-state index is 12.8. The lowest BCUT2D eigenvalue weighted by molar-refractivity contribution is 0.0873. The topological polar surface area (TPSA) is 74.1 Å². The second-order valence-corrected chi connectivity index (χ2v) is 9.61. The smallest absolute Gasteiger partial charge is 0.251 e. The predicted molar refractivity (Wildman–Crippen MR) is 119 cm³/mol. The zero-order valence-corrected chi connectivity index (χ0v) is 18.6. The SMILES string of the molecule is CC1(C)CC(NC(=O)c2ccc(Oc3cccc(CC#N)c3)c(Cl)c2)CC(C)(C)N1. The zero-order valence-electron chi connectivity index (χ0n) is 17.9. The Hall–Kier alpha value is -2.55. The summed E-state index contributed by atoms with van der Waals surface area (Å²) in [6.07, 6.45) is 2.03. The highest BCUT2D eigenvalue weighted by atomic mass is 35.5. The van der Waals surface area contributed by atoms with Crippen LogP contribution in [0.15, 0.2) is 42.5 Å². The molecule has 1 fully saturated rings. The van der Waals surface area contributed by atoms with E-state index >= 15 is 0 Å². The normalized spacial score (nSPS) is 17.7. The molecule has 0 bridgehead atoms. The van der Waals surface area contributed by atoms with Gasteiger partial charge in [-0.05, 0) is 76.4 Å². The molecule has 1 heterocycles. The van der Waals surface area contributed by atoms with Crippen LogP contribution in [-0.4, -0.2) is 23.0 Å². The summed E-state index contributed by atoms with van der Waals surface area (Å²) in [4.78, 5) is 12.8. The number of rotatable bonds is 5. The lowest BCUT2D eigenvalue weighted by Crippen LogP contribution is -2.62. The molecule has 6 heteroatoms. The molecule has 0 aliphatic carbocycles. The number of nitriles is 1. The van der Waals surface area contributed by atoms with Gasteiger partial charge in [-0.1, -0.05) is 23.7 Å². The predicted octanol–water partition coefficient (Wildman–Crippen LogP) is 5.24. The second-order valence-electron chi connectivity index (χ2n) is 9.20. The number of carbonyl (C=O) groups is 1. The third kappa shape index (κ3) is 5.75. The first-order valence-corrected chi connectivity index (χ1v) is 10.5. The molecule has 1 amide bonds. The average molecular weight is 426 g/mol. The lowest BCUT2D eigenvalue weighted by atomic mass is 9.79. The van der Waals surface area contributed by atoms with Crippen molar-refractivity contribution in [3.8, 4) is 17.6 Å². The molecule has 0 spiro atoms. The van der Waals surface area contributed by atoms with Crippen LogP contribution in [0, 0.1) is 11.3 Å². The van der Waals surface area contributed by atoms with Crippen LogP contribution in [0.25, 0.3) is 0 Å². The van der Waals surface area contributed by atoms with Gasteiger partial charge in [0.25, 0.3) is 5.91 Å². The molecule has 2 aromatic carbocycles. The molecule has 1 saturated heterocycles. The highest BCUT2D eigenvalue weighted by Gasteiger charge is 2.38. The maximum Gasteiger partial charge on any atom is 0.251 e. The molecule has 0 aromatic heterocycles. The van der Waals surface area contributed by atoms with Crippen molar-refractivity contribution in [2.24, 2.45) is 0 Å². The third-order valence-electron chi connectivity index (χ3n) is 5.13. The molecule has 158 valence electrons. The van der Waals surface area contributed by atoms with Gasteiger partial charge in [0.05, 0.1) is 17.5 Å². The minimum absolute atomic E-state index is 0.0465. The number of piperidine rings is 1. The summed E-state index contributed by atoms with van der Waals surface area (Å²) in [5.74, 6) is 0.922. The summed E-state index contributed by atoms with van der Waals surface area (Å²) in [6, 6.07) is 14.6. The molecule has 2 N–H and O–H groups in total. The molecule has 0 radical (unpaired) electrons. The van der Waals surface area contributed by atoms with Crippen molar-refractivity contribution in [2.45, 2.75) is 64.1 Å². The van der Waals surface area contributed by atoms with Crippen LogP contribution in [0.1, 0.15) is 56.5 Å². The van der Waals surface area contributed by atoms with Gasteiger partial charge in [0.15, 0.2) is 0 Å². The second kappa shape index (κ2) is 8.67. The monoisotopic (exact) mass is 425 g/mol. The number of halogens is 1. The van der Waals surface area contributed by atoms with Gasteiger partial charge in [0.1, 0.15) is 11.5 Å². The molecule has 0 unspecified atom stereocenters. The number of hydrogen-bond acceptors (Lipinski definition) is 4. The average Bonchev–Trinajstić information content (AvgIpc) is 2.61. The van der Waals surface area contributed by atoms with E-state index in [2.05, 4.69) is 44.4 Å². The Morgan fingerprint density at radius 2 is 1.90 bits per heavy atom. The summed E-state index contributed by atoms with van der Waals surface area (Å²) in [5, 5.41) is 16.0. The zero-order chi connectivity index (χ0) is 21.9. The number of ether oxygens (including phenoxy) is 1. The van der Waals surface area contributed by atoms with Crippen LogP contribution in [0.5, 0.6) is 11.5 Å². The molecule has 30 heavy (non-hydrogen) atoms. The van der Waals surface area contributed by atoms with E-state index in [1.165, 1.54) is 0 Å². The number of hydrogen-bond donors (Lipinski definition) is 2. The number of nitrogens with one attached hydrogen (secondary N) is 2. The van der Waals surface area contributed by atoms with Gasteiger partial charge in [0, 0.05) is 22.7 Å². The van der Waals surface area contributed by atoms with Crippen molar-refractivity contribution in [1.29, 1.82) is 5.26 Å². The van der Waals surface area contributed by atoms with Crippen molar-refractivity contribution < 1.29 is 9.53 Å². The van der Waals surface area contributed by atoms with Gasteiger partial charge < -0.3 is 15.4 Å². The van der Waals surface area contributed by atoms with Crippen LogP contribution < -0.4 is 15.4 Å². The summed E-state index contributed by atoms with van der Waals surface area (Å²) in [7, 11) is 0. The molecule has 0 atom stereocenters. The lowest BCUT2D eigenvalue weighted by Gasteiger charge is -2.46. The van der Waals surface area contributed by atoms with Gasteiger partial charge in [0.2, 0.25) is 0 Å². The Kier molecular flexibility index (Phi) is 6.40. The van der Waals surface area contributed by atoms with Gasteiger partial charge in [-0.25, -0.2) is 0 Å². The number of amides is 1. The molecule has 3 rings (SSSR count). The number of nitrogens with zero attached hydrogens (tertiary/aromatic N) is 1. The standard InChI is InChI=1S/C24H28ClN3O2/c1-23(2)14-18(15-24(3,4)28-23)27-22(29)17-8-9-21(20(25)13-17)30-19-7-5-6-16(12-19)10-11-26/h5-9,12-13,18,28H,10,14-15H2,1-4H3,(H,27,29). The molecule has 0 saturated carbocycles. The Balaban J connectivity index is 1.69. The van der Waals surface area contributed by atoms with Gasteiger partial charge in [-0.2, -0.15) is 5.26 Å². The number of carbonyl (C=O) groups excluding carboxylic acids is 1. The molecule has 5 nitrogen and oxygen atoms in total. The Morgan fingerprint density at radius 3 is 2.53 bits per heavy atom. The van der Waals surface area contributed by atoms with Crippen LogP contribution >= 0.6 is 11.6 Å². The summed E-state index contributed by atoms with van der Waals surface area (Å²) >= 11 is 6.39. The van der Waals surface area contributed by atoms with Crippen LogP contribution in [0.2, 0.25) is 5.02 Å². The molecule has 1 aliphatic rings. The third-order valence-corrected chi connectivity index (χ3v) is 5.42. The first kappa shape index (κ1) is 22.1. The quantitative estimate of drug-likeness (QED) is 0.687. The van der Waals surface area contributed by atoms with Gasteiger partial charge >= 0.3 is 0 Å².